The van der Waals surface area contributed by atoms with Crippen LogP contribution in [0.2, 0.25) is 0 Å². The van der Waals surface area contributed by atoms with Crippen molar-refractivity contribution in [1.29, 1.82) is 0 Å². The molecule has 22 heavy (non-hydrogen) atoms. The summed E-state index contributed by atoms with van der Waals surface area (Å²) in [6.07, 6.45) is 9.51. The highest BCUT2D eigenvalue weighted by Crippen LogP contribution is 2.28. The van der Waals surface area contributed by atoms with Gasteiger partial charge in [-0.3, -0.25) is 9.59 Å². The van der Waals surface area contributed by atoms with Crippen LogP contribution in [0.15, 0.2) is 16.9 Å². The molecule has 0 spiro atoms. The summed E-state index contributed by atoms with van der Waals surface area (Å²) in [5.41, 5.74) is 0.183. The van der Waals surface area contributed by atoms with Gasteiger partial charge >= 0.3 is 0 Å². The van der Waals surface area contributed by atoms with Gasteiger partial charge in [-0.15, -0.1) is 0 Å². The fourth-order valence-electron chi connectivity index (χ4n) is 3.02. The lowest BCUT2D eigenvalue weighted by Crippen LogP contribution is -2.30. The van der Waals surface area contributed by atoms with Crippen LogP contribution >= 0.6 is 0 Å². The van der Waals surface area contributed by atoms with Gasteiger partial charge in [-0.1, -0.05) is 39.0 Å². The van der Waals surface area contributed by atoms with Gasteiger partial charge in [0.15, 0.2) is 0 Å². The van der Waals surface area contributed by atoms with Crippen LogP contribution in [0.25, 0.3) is 0 Å². The molecule has 1 N–H and O–H groups in total. The lowest BCUT2D eigenvalue weighted by molar-refractivity contribution is 0.0944. The van der Waals surface area contributed by atoms with Crippen molar-refractivity contribution in [3.63, 3.8) is 0 Å². The minimum atomic E-state index is -0.184. The molecule has 2 rings (SSSR count). The predicted molar refractivity (Wildman–Crippen MR) is 86.9 cm³/mol. The number of nitrogens with one attached hydrogen (secondary N) is 1. The van der Waals surface area contributed by atoms with Crippen LogP contribution in [0.4, 0.5) is 0 Å². The van der Waals surface area contributed by atoms with Crippen molar-refractivity contribution < 1.29 is 4.79 Å². The van der Waals surface area contributed by atoms with Crippen molar-refractivity contribution in [2.45, 2.75) is 64.8 Å². The molecule has 1 aliphatic carbocycles. The topological polar surface area (TPSA) is 64.0 Å². The fourth-order valence-corrected chi connectivity index (χ4v) is 3.02. The van der Waals surface area contributed by atoms with E-state index in [4.69, 9.17) is 0 Å². The van der Waals surface area contributed by atoms with E-state index >= 15 is 0 Å². The largest absolute Gasteiger partial charge is 0.351 e. The molecule has 1 aromatic rings. The van der Waals surface area contributed by atoms with Gasteiger partial charge in [0.25, 0.3) is 11.5 Å². The zero-order valence-electron chi connectivity index (χ0n) is 13.5. The molecule has 0 radical (unpaired) electrons. The molecule has 0 bridgehead atoms. The zero-order valence-corrected chi connectivity index (χ0v) is 13.5. The van der Waals surface area contributed by atoms with Crippen LogP contribution in [0.1, 0.15) is 68.8 Å². The molecule has 1 saturated carbocycles. The Kier molecular flexibility index (Phi) is 6.62. The van der Waals surface area contributed by atoms with Crippen molar-refractivity contribution in [3.05, 3.63) is 28.2 Å². The SMILES string of the molecule is CCCCn1nc(C(=O)NCCCC2CCCC2)ccc1=O. The van der Waals surface area contributed by atoms with Gasteiger partial charge in [0.05, 0.1) is 0 Å². The van der Waals surface area contributed by atoms with Gasteiger partial charge in [-0.2, -0.15) is 5.10 Å². The van der Waals surface area contributed by atoms with E-state index in [1.165, 1.54) is 48.9 Å². The van der Waals surface area contributed by atoms with Crippen molar-refractivity contribution in [2.75, 3.05) is 6.54 Å². The molecule has 0 unspecified atom stereocenters. The molecule has 1 amide bonds. The van der Waals surface area contributed by atoms with Crippen molar-refractivity contribution >= 4 is 5.91 Å². The van der Waals surface area contributed by atoms with Gasteiger partial charge in [-0.25, -0.2) is 4.68 Å². The maximum absolute atomic E-state index is 12.1. The monoisotopic (exact) mass is 305 g/mol. The molecule has 0 aromatic carbocycles. The molecule has 0 saturated heterocycles. The molecule has 122 valence electrons. The third kappa shape index (κ3) is 4.97. The summed E-state index contributed by atoms with van der Waals surface area (Å²) in [7, 11) is 0. The molecule has 5 nitrogen and oxygen atoms in total. The van der Waals surface area contributed by atoms with Gasteiger partial charge in [0.1, 0.15) is 5.69 Å². The van der Waals surface area contributed by atoms with E-state index in [-0.39, 0.29) is 11.5 Å². The minimum Gasteiger partial charge on any atom is -0.351 e. The number of hydrogen-bond donors (Lipinski definition) is 1. The van der Waals surface area contributed by atoms with E-state index in [1.54, 1.807) is 0 Å². The van der Waals surface area contributed by atoms with Gasteiger partial charge in [-0.05, 0) is 31.2 Å². The predicted octanol–water partition coefficient (Wildman–Crippen LogP) is 2.74. The number of aromatic nitrogens is 2. The number of nitrogens with zero attached hydrogens (tertiary/aromatic N) is 2. The summed E-state index contributed by atoms with van der Waals surface area (Å²) in [5, 5.41) is 7.07. The van der Waals surface area contributed by atoms with Crippen LogP contribution < -0.4 is 10.9 Å². The van der Waals surface area contributed by atoms with Crippen LogP contribution in [0.5, 0.6) is 0 Å². The summed E-state index contributed by atoms with van der Waals surface area (Å²) >= 11 is 0. The fraction of sp³-hybridized carbons (Fsp3) is 0.706. The molecular formula is C17H27N3O2. The van der Waals surface area contributed by atoms with Crippen molar-refractivity contribution in [1.82, 2.24) is 15.1 Å². The number of hydrogen-bond acceptors (Lipinski definition) is 3. The molecule has 1 fully saturated rings. The number of carbonyl (C=O) groups excluding carboxylic acids is 1. The van der Waals surface area contributed by atoms with Crippen molar-refractivity contribution in [2.24, 2.45) is 5.92 Å². The number of amides is 1. The maximum Gasteiger partial charge on any atom is 0.271 e. The van der Waals surface area contributed by atoms with E-state index in [2.05, 4.69) is 17.3 Å². The normalized spacial score (nSPS) is 15.1. The maximum atomic E-state index is 12.1. The molecule has 5 heteroatoms. The quantitative estimate of drug-likeness (QED) is 0.751. The van der Waals surface area contributed by atoms with E-state index in [1.807, 2.05) is 0 Å². The van der Waals surface area contributed by atoms with Gasteiger partial charge < -0.3 is 5.32 Å². The first-order valence-corrected chi connectivity index (χ1v) is 8.57. The standard InChI is InChI=1S/C17H27N3O2/c1-2-3-13-20-16(21)11-10-15(19-20)17(22)18-12-6-9-14-7-4-5-8-14/h10-11,14H,2-9,12-13H2,1H3,(H,18,22). The first kappa shape index (κ1) is 16.7. The number of aryl methyl sites for hydroxylation is 1. The molecule has 1 aliphatic rings. The summed E-state index contributed by atoms with van der Waals surface area (Å²) < 4.78 is 1.39. The van der Waals surface area contributed by atoms with Gasteiger partial charge in [0.2, 0.25) is 0 Å². The Balaban J connectivity index is 1.79. The lowest BCUT2D eigenvalue weighted by Gasteiger charge is -2.10. The molecule has 1 heterocycles. The lowest BCUT2D eigenvalue weighted by atomic mass is 10.0. The second kappa shape index (κ2) is 8.71. The smallest absolute Gasteiger partial charge is 0.271 e. The zero-order chi connectivity index (χ0) is 15.8. The number of carbonyl (C=O) groups is 1. The molecular weight excluding hydrogens is 278 g/mol. The third-order valence-electron chi connectivity index (χ3n) is 4.37. The minimum absolute atomic E-state index is 0.147. The average Bonchev–Trinajstić information content (AvgIpc) is 3.04. The van der Waals surface area contributed by atoms with E-state index in [9.17, 15) is 9.59 Å². The molecule has 0 atom stereocenters. The highest BCUT2D eigenvalue weighted by atomic mass is 16.2. The summed E-state index contributed by atoms with van der Waals surface area (Å²) in [6, 6.07) is 2.94. The first-order valence-electron chi connectivity index (χ1n) is 8.57. The Bertz CT molecular complexity index is 533. The van der Waals surface area contributed by atoms with Crippen LogP contribution in [0, 0.1) is 5.92 Å². The molecule has 0 aliphatic heterocycles. The van der Waals surface area contributed by atoms with Crippen molar-refractivity contribution in [3.8, 4) is 0 Å². The summed E-state index contributed by atoms with van der Waals surface area (Å²) in [4.78, 5) is 23.8. The first-order chi connectivity index (χ1) is 10.7. The Morgan fingerprint density at radius 3 is 2.82 bits per heavy atom. The highest BCUT2D eigenvalue weighted by molar-refractivity contribution is 5.91. The van der Waals surface area contributed by atoms with Crippen LogP contribution in [-0.4, -0.2) is 22.2 Å². The third-order valence-corrected chi connectivity index (χ3v) is 4.37. The second-order valence-electron chi connectivity index (χ2n) is 6.18. The average molecular weight is 305 g/mol. The van der Waals surface area contributed by atoms with Crippen LogP contribution in [-0.2, 0) is 6.54 Å². The number of rotatable bonds is 8. The number of unbranched alkanes of at least 4 members (excludes halogenated alkanes) is 1. The molecule has 1 aromatic heterocycles. The summed E-state index contributed by atoms with van der Waals surface area (Å²) in [6.45, 7) is 3.31. The Morgan fingerprint density at radius 2 is 2.09 bits per heavy atom. The summed E-state index contributed by atoms with van der Waals surface area (Å²) in [5.74, 6) is 0.669. The Labute approximate surface area is 132 Å². The highest BCUT2D eigenvalue weighted by Gasteiger charge is 2.14. The van der Waals surface area contributed by atoms with Gasteiger partial charge in [0, 0.05) is 19.2 Å². The van der Waals surface area contributed by atoms with E-state index < -0.39 is 0 Å². The van der Waals surface area contributed by atoms with E-state index in [0.29, 0.717) is 18.8 Å². The Morgan fingerprint density at radius 1 is 1.32 bits per heavy atom. The van der Waals surface area contributed by atoms with E-state index in [0.717, 1.165) is 25.2 Å². The van der Waals surface area contributed by atoms with Crippen LogP contribution in [0.3, 0.4) is 0 Å². The second-order valence-corrected chi connectivity index (χ2v) is 6.18. The Hall–Kier alpha value is -1.65.